The first-order valence-corrected chi connectivity index (χ1v) is 4.82. The monoisotopic (exact) mass is 156 g/mol. The molecule has 58 valence electrons. The zero-order valence-electron chi connectivity index (χ0n) is 6.80. The van der Waals surface area contributed by atoms with Gasteiger partial charge in [-0.3, -0.25) is 0 Å². The standard InChI is InChI=1S/C9H16S/c1-9(2)6-3-4-8(10)7(9)5-6/h6-8,10H,3-5H2,1-2H3. The Morgan fingerprint density at radius 1 is 1.30 bits per heavy atom. The highest BCUT2D eigenvalue weighted by Crippen LogP contribution is 2.60. The van der Waals surface area contributed by atoms with Crippen molar-refractivity contribution in [2.75, 3.05) is 0 Å². The van der Waals surface area contributed by atoms with Crippen molar-refractivity contribution in [3.05, 3.63) is 0 Å². The van der Waals surface area contributed by atoms with E-state index in [0.29, 0.717) is 10.7 Å². The van der Waals surface area contributed by atoms with E-state index in [0.717, 1.165) is 11.8 Å². The summed E-state index contributed by atoms with van der Waals surface area (Å²) >= 11 is 4.61. The van der Waals surface area contributed by atoms with Crippen molar-refractivity contribution in [1.82, 2.24) is 0 Å². The summed E-state index contributed by atoms with van der Waals surface area (Å²) in [5, 5.41) is 0.708. The van der Waals surface area contributed by atoms with Gasteiger partial charge in [-0.15, -0.1) is 0 Å². The highest BCUT2D eigenvalue weighted by molar-refractivity contribution is 7.81. The fraction of sp³-hybridized carbons (Fsp3) is 1.00. The molecule has 0 spiro atoms. The van der Waals surface area contributed by atoms with E-state index in [1.54, 1.807) is 0 Å². The van der Waals surface area contributed by atoms with Crippen molar-refractivity contribution in [3.63, 3.8) is 0 Å². The quantitative estimate of drug-likeness (QED) is 0.512. The van der Waals surface area contributed by atoms with E-state index in [2.05, 4.69) is 26.5 Å². The van der Waals surface area contributed by atoms with E-state index >= 15 is 0 Å². The van der Waals surface area contributed by atoms with E-state index in [1.807, 2.05) is 0 Å². The van der Waals surface area contributed by atoms with Gasteiger partial charge in [0.05, 0.1) is 0 Å². The number of rotatable bonds is 0. The Kier molecular flexibility index (Phi) is 1.36. The van der Waals surface area contributed by atoms with Gasteiger partial charge in [0.1, 0.15) is 0 Å². The predicted molar refractivity (Wildman–Crippen MR) is 47.4 cm³/mol. The van der Waals surface area contributed by atoms with Crippen LogP contribution in [0.25, 0.3) is 0 Å². The van der Waals surface area contributed by atoms with Crippen LogP contribution in [0.3, 0.4) is 0 Å². The largest absolute Gasteiger partial charge is 0.176 e. The second-order valence-corrected chi connectivity index (χ2v) is 5.17. The third-order valence-corrected chi connectivity index (χ3v) is 4.44. The van der Waals surface area contributed by atoms with Crippen molar-refractivity contribution >= 4 is 12.6 Å². The molecular formula is C9H16S. The average molecular weight is 156 g/mol. The molecule has 0 N–H and O–H groups in total. The van der Waals surface area contributed by atoms with Gasteiger partial charge >= 0.3 is 0 Å². The van der Waals surface area contributed by atoms with Gasteiger partial charge < -0.3 is 0 Å². The Balaban J connectivity index is 2.16. The summed E-state index contributed by atoms with van der Waals surface area (Å²) in [6, 6.07) is 0. The molecular weight excluding hydrogens is 140 g/mol. The smallest absolute Gasteiger partial charge is 0.00504 e. The third-order valence-electron chi connectivity index (χ3n) is 3.82. The van der Waals surface area contributed by atoms with Crippen molar-refractivity contribution in [1.29, 1.82) is 0 Å². The molecule has 0 aromatic heterocycles. The van der Waals surface area contributed by atoms with Crippen molar-refractivity contribution in [3.8, 4) is 0 Å². The summed E-state index contributed by atoms with van der Waals surface area (Å²) in [7, 11) is 0. The second kappa shape index (κ2) is 1.94. The van der Waals surface area contributed by atoms with Crippen molar-refractivity contribution in [2.24, 2.45) is 17.3 Å². The summed E-state index contributed by atoms with van der Waals surface area (Å²) in [5.74, 6) is 1.95. The lowest BCUT2D eigenvalue weighted by Crippen LogP contribution is -2.52. The Hall–Kier alpha value is 0.350. The van der Waals surface area contributed by atoms with Crippen LogP contribution < -0.4 is 0 Å². The van der Waals surface area contributed by atoms with E-state index < -0.39 is 0 Å². The van der Waals surface area contributed by atoms with Gasteiger partial charge in [-0.05, 0) is 36.5 Å². The molecule has 0 saturated heterocycles. The molecule has 2 bridgehead atoms. The van der Waals surface area contributed by atoms with Crippen molar-refractivity contribution in [2.45, 2.75) is 38.4 Å². The van der Waals surface area contributed by atoms with Gasteiger partial charge in [0, 0.05) is 5.25 Å². The van der Waals surface area contributed by atoms with Crippen LogP contribution in [0.1, 0.15) is 33.1 Å². The average Bonchev–Trinajstić information content (AvgIpc) is 1.87. The summed E-state index contributed by atoms with van der Waals surface area (Å²) in [4.78, 5) is 0. The van der Waals surface area contributed by atoms with E-state index in [4.69, 9.17) is 0 Å². The van der Waals surface area contributed by atoms with Crippen LogP contribution >= 0.6 is 12.6 Å². The first kappa shape index (κ1) is 7.02. The summed E-state index contributed by atoms with van der Waals surface area (Å²) in [5.41, 5.74) is 0.630. The van der Waals surface area contributed by atoms with Crippen LogP contribution in [0.5, 0.6) is 0 Å². The SMILES string of the molecule is CC1(C)C2CCC(S)C1C2. The number of hydrogen-bond acceptors (Lipinski definition) is 1. The minimum Gasteiger partial charge on any atom is -0.176 e. The second-order valence-electron chi connectivity index (χ2n) is 4.51. The summed E-state index contributed by atoms with van der Waals surface area (Å²) in [6.07, 6.45) is 4.25. The molecule has 1 heteroatoms. The van der Waals surface area contributed by atoms with Gasteiger partial charge in [0.15, 0.2) is 0 Å². The van der Waals surface area contributed by atoms with Crippen LogP contribution in [0.2, 0.25) is 0 Å². The molecule has 0 aromatic carbocycles. The lowest BCUT2D eigenvalue weighted by Gasteiger charge is -2.59. The van der Waals surface area contributed by atoms with Crippen LogP contribution in [-0.2, 0) is 0 Å². The molecule has 3 aliphatic rings. The molecule has 0 radical (unpaired) electrons. The Morgan fingerprint density at radius 3 is 2.30 bits per heavy atom. The molecule has 0 aliphatic heterocycles. The molecule has 3 unspecified atom stereocenters. The number of fused-ring (bicyclic) bond motifs is 2. The zero-order valence-corrected chi connectivity index (χ0v) is 7.70. The molecule has 0 heterocycles. The van der Waals surface area contributed by atoms with Gasteiger partial charge in [-0.1, -0.05) is 13.8 Å². The predicted octanol–water partition coefficient (Wildman–Crippen LogP) is 2.74. The maximum atomic E-state index is 4.61. The third kappa shape index (κ3) is 0.702. The van der Waals surface area contributed by atoms with Crippen LogP contribution in [-0.4, -0.2) is 5.25 Å². The summed E-state index contributed by atoms with van der Waals surface area (Å²) < 4.78 is 0. The van der Waals surface area contributed by atoms with Gasteiger partial charge in [-0.25, -0.2) is 0 Å². The normalized spacial score (nSPS) is 50.1. The minimum absolute atomic E-state index is 0.630. The molecule has 3 atom stereocenters. The molecule has 3 aliphatic carbocycles. The first-order valence-electron chi connectivity index (χ1n) is 4.30. The molecule has 0 nitrogen and oxygen atoms in total. The minimum atomic E-state index is 0.630. The van der Waals surface area contributed by atoms with Crippen LogP contribution in [0.4, 0.5) is 0 Å². The van der Waals surface area contributed by atoms with Crippen LogP contribution in [0.15, 0.2) is 0 Å². The highest BCUT2D eigenvalue weighted by Gasteiger charge is 2.53. The maximum absolute atomic E-state index is 4.61. The van der Waals surface area contributed by atoms with Gasteiger partial charge in [0.25, 0.3) is 0 Å². The molecule has 0 amide bonds. The fourth-order valence-electron chi connectivity index (χ4n) is 2.77. The van der Waals surface area contributed by atoms with Crippen LogP contribution in [0, 0.1) is 17.3 Å². The Bertz CT molecular complexity index is 149. The van der Waals surface area contributed by atoms with E-state index in [1.165, 1.54) is 19.3 Å². The van der Waals surface area contributed by atoms with Crippen molar-refractivity contribution < 1.29 is 0 Å². The molecule has 3 rings (SSSR count). The van der Waals surface area contributed by atoms with Gasteiger partial charge in [-0.2, -0.15) is 12.6 Å². The fourth-order valence-corrected chi connectivity index (χ4v) is 3.43. The maximum Gasteiger partial charge on any atom is 0.00504 e. The topological polar surface area (TPSA) is 0 Å². The highest BCUT2D eigenvalue weighted by atomic mass is 32.1. The molecule has 3 saturated carbocycles. The van der Waals surface area contributed by atoms with E-state index in [-0.39, 0.29) is 0 Å². The Labute approximate surface area is 68.8 Å². The zero-order chi connectivity index (χ0) is 7.35. The number of hydrogen-bond donors (Lipinski definition) is 1. The van der Waals surface area contributed by atoms with E-state index in [9.17, 15) is 0 Å². The van der Waals surface area contributed by atoms with Gasteiger partial charge in [0.2, 0.25) is 0 Å². The molecule has 3 fully saturated rings. The lowest BCUT2D eigenvalue weighted by molar-refractivity contribution is -0.0590. The number of thiol groups is 1. The first-order chi connectivity index (χ1) is 4.62. The molecule has 10 heavy (non-hydrogen) atoms. The molecule has 0 aromatic rings. The summed E-state index contributed by atoms with van der Waals surface area (Å²) in [6.45, 7) is 4.82. The Morgan fingerprint density at radius 2 is 2.00 bits per heavy atom. The lowest BCUT2D eigenvalue weighted by atomic mass is 9.49.